The van der Waals surface area contributed by atoms with E-state index in [2.05, 4.69) is 0 Å². The van der Waals surface area contributed by atoms with Gasteiger partial charge >= 0.3 is 0 Å². The molecule has 76 valence electrons. The number of sulfonamides is 1. The van der Waals surface area contributed by atoms with E-state index in [-0.39, 0.29) is 4.90 Å². The Morgan fingerprint density at radius 3 is 2.79 bits per heavy atom. The quantitative estimate of drug-likeness (QED) is 0.704. The summed E-state index contributed by atoms with van der Waals surface area (Å²) in [6.07, 6.45) is 0.594. The summed E-state index contributed by atoms with van der Waals surface area (Å²) in [7, 11) is -3.66. The summed E-state index contributed by atoms with van der Waals surface area (Å²) < 4.78 is 22.4. The number of aliphatic hydroxyl groups is 1. The van der Waals surface area contributed by atoms with Crippen LogP contribution in [0.15, 0.2) is 23.1 Å². The van der Waals surface area contributed by atoms with Crippen LogP contribution in [-0.2, 0) is 16.4 Å². The average molecular weight is 213 g/mol. The molecule has 0 aromatic heterocycles. The van der Waals surface area contributed by atoms with Gasteiger partial charge in [-0.05, 0) is 30.0 Å². The molecule has 1 aromatic rings. The highest BCUT2D eigenvalue weighted by atomic mass is 32.2. The van der Waals surface area contributed by atoms with Gasteiger partial charge in [0.25, 0.3) is 0 Å². The zero-order valence-electron chi connectivity index (χ0n) is 7.47. The Bertz CT molecular complexity index is 467. The fraction of sp³-hybridized carbons (Fsp3) is 0.333. The molecule has 0 saturated heterocycles. The third-order valence-electron chi connectivity index (χ3n) is 2.50. The predicted molar refractivity (Wildman–Crippen MR) is 51.1 cm³/mol. The molecule has 14 heavy (non-hydrogen) atoms. The Balaban J connectivity index is 2.67. The van der Waals surface area contributed by atoms with E-state index in [4.69, 9.17) is 5.14 Å². The van der Waals surface area contributed by atoms with Crippen molar-refractivity contribution < 1.29 is 13.5 Å². The molecule has 5 heteroatoms. The molecule has 0 spiro atoms. The fourth-order valence-corrected chi connectivity index (χ4v) is 2.70. The summed E-state index contributed by atoms with van der Waals surface area (Å²) in [5.41, 5.74) is 1.36. The van der Waals surface area contributed by atoms with Crippen LogP contribution in [0.5, 0.6) is 0 Å². The zero-order chi connectivity index (χ0) is 10.3. The maximum atomic E-state index is 11.2. The molecule has 1 atom stereocenters. The second-order valence-corrected chi connectivity index (χ2v) is 4.95. The van der Waals surface area contributed by atoms with Crippen LogP contribution in [0.4, 0.5) is 0 Å². The van der Waals surface area contributed by atoms with Gasteiger partial charge in [-0.2, -0.15) is 0 Å². The van der Waals surface area contributed by atoms with Gasteiger partial charge in [-0.25, -0.2) is 13.6 Å². The number of benzene rings is 1. The van der Waals surface area contributed by atoms with Gasteiger partial charge in [0.1, 0.15) is 0 Å². The first kappa shape index (κ1) is 9.64. The Morgan fingerprint density at radius 1 is 1.43 bits per heavy atom. The number of primary sulfonamides is 1. The minimum Gasteiger partial charge on any atom is -0.388 e. The molecule has 2 rings (SSSR count). The van der Waals surface area contributed by atoms with Crippen LogP contribution < -0.4 is 5.14 Å². The molecule has 4 nitrogen and oxygen atoms in total. The summed E-state index contributed by atoms with van der Waals surface area (Å²) in [4.78, 5) is 0.145. The Hall–Kier alpha value is -0.910. The Kier molecular flexibility index (Phi) is 2.10. The topological polar surface area (TPSA) is 80.4 Å². The van der Waals surface area contributed by atoms with Crippen molar-refractivity contribution in [2.75, 3.05) is 0 Å². The van der Waals surface area contributed by atoms with Crippen molar-refractivity contribution in [1.82, 2.24) is 0 Å². The number of nitrogens with two attached hydrogens (primary N) is 1. The number of hydrogen-bond donors (Lipinski definition) is 2. The number of fused-ring (bicyclic) bond motifs is 1. The van der Waals surface area contributed by atoms with Gasteiger partial charge < -0.3 is 5.11 Å². The summed E-state index contributed by atoms with van der Waals surface area (Å²) in [6.45, 7) is 0. The molecule has 0 aliphatic heterocycles. The Labute approximate surface area is 82.4 Å². The van der Waals surface area contributed by atoms with E-state index in [1.807, 2.05) is 0 Å². The van der Waals surface area contributed by atoms with Crippen LogP contribution in [0.2, 0.25) is 0 Å². The zero-order valence-corrected chi connectivity index (χ0v) is 8.29. The van der Waals surface area contributed by atoms with Gasteiger partial charge in [0.05, 0.1) is 11.0 Å². The minimum atomic E-state index is -3.66. The molecule has 3 N–H and O–H groups in total. The summed E-state index contributed by atoms with van der Waals surface area (Å²) in [5.74, 6) is 0. The van der Waals surface area contributed by atoms with Crippen molar-refractivity contribution in [3.05, 3.63) is 29.3 Å². The second kappa shape index (κ2) is 3.05. The molecule has 0 bridgehead atoms. The monoisotopic (exact) mass is 213 g/mol. The van der Waals surface area contributed by atoms with Crippen molar-refractivity contribution >= 4 is 10.0 Å². The lowest BCUT2D eigenvalue weighted by molar-refractivity contribution is 0.180. The van der Waals surface area contributed by atoms with Crippen LogP contribution >= 0.6 is 0 Å². The SMILES string of the molecule is NS(=O)(=O)c1cccc2c1CCC2O. The van der Waals surface area contributed by atoms with Crippen molar-refractivity contribution in [3.63, 3.8) is 0 Å². The number of hydrogen-bond acceptors (Lipinski definition) is 3. The van der Waals surface area contributed by atoms with Gasteiger partial charge in [-0.3, -0.25) is 0 Å². The Morgan fingerprint density at radius 2 is 2.14 bits per heavy atom. The normalized spacial score (nSPS) is 20.9. The maximum Gasteiger partial charge on any atom is 0.238 e. The highest BCUT2D eigenvalue weighted by molar-refractivity contribution is 7.89. The molecule has 0 fully saturated rings. The first-order valence-electron chi connectivity index (χ1n) is 4.33. The van der Waals surface area contributed by atoms with Gasteiger partial charge in [0.15, 0.2) is 0 Å². The van der Waals surface area contributed by atoms with Crippen LogP contribution in [0, 0.1) is 0 Å². The van der Waals surface area contributed by atoms with E-state index in [0.717, 1.165) is 0 Å². The largest absolute Gasteiger partial charge is 0.388 e. The van der Waals surface area contributed by atoms with E-state index >= 15 is 0 Å². The van der Waals surface area contributed by atoms with Crippen molar-refractivity contribution in [3.8, 4) is 0 Å². The van der Waals surface area contributed by atoms with Crippen LogP contribution in [0.25, 0.3) is 0 Å². The van der Waals surface area contributed by atoms with Gasteiger partial charge in [-0.1, -0.05) is 12.1 Å². The van der Waals surface area contributed by atoms with Crippen LogP contribution in [0.1, 0.15) is 23.7 Å². The maximum absolute atomic E-state index is 11.2. The first-order valence-corrected chi connectivity index (χ1v) is 5.87. The third kappa shape index (κ3) is 1.43. The van der Waals surface area contributed by atoms with E-state index in [1.165, 1.54) is 6.07 Å². The van der Waals surface area contributed by atoms with Crippen LogP contribution in [-0.4, -0.2) is 13.5 Å². The molecule has 0 radical (unpaired) electrons. The summed E-state index contributed by atoms with van der Waals surface area (Å²) in [5, 5.41) is 14.6. The molecule has 1 aromatic carbocycles. The van der Waals surface area contributed by atoms with Gasteiger partial charge in [-0.15, -0.1) is 0 Å². The first-order chi connectivity index (χ1) is 6.50. The standard InChI is InChI=1S/C9H11NO3S/c10-14(12,13)9-3-1-2-6-7(9)4-5-8(6)11/h1-3,8,11H,4-5H2,(H2,10,12,13). The van der Waals surface area contributed by atoms with Gasteiger partial charge in [0.2, 0.25) is 10.0 Å². The number of rotatable bonds is 1. The molecular weight excluding hydrogens is 202 g/mol. The van der Waals surface area contributed by atoms with Gasteiger partial charge in [0, 0.05) is 0 Å². The molecule has 1 unspecified atom stereocenters. The van der Waals surface area contributed by atoms with E-state index in [1.54, 1.807) is 12.1 Å². The average Bonchev–Trinajstić information content (AvgIpc) is 2.46. The lowest BCUT2D eigenvalue weighted by atomic mass is 10.1. The summed E-state index contributed by atoms with van der Waals surface area (Å²) >= 11 is 0. The number of aliphatic hydroxyl groups excluding tert-OH is 1. The third-order valence-corrected chi connectivity index (χ3v) is 3.50. The lowest BCUT2D eigenvalue weighted by Gasteiger charge is -2.06. The fourth-order valence-electron chi connectivity index (χ4n) is 1.87. The molecule has 1 aliphatic rings. The molecule has 1 aliphatic carbocycles. The highest BCUT2D eigenvalue weighted by Crippen LogP contribution is 2.34. The van der Waals surface area contributed by atoms with Crippen molar-refractivity contribution in [2.45, 2.75) is 23.8 Å². The van der Waals surface area contributed by atoms with Crippen molar-refractivity contribution in [2.24, 2.45) is 5.14 Å². The lowest BCUT2D eigenvalue weighted by Crippen LogP contribution is -2.14. The smallest absolute Gasteiger partial charge is 0.238 e. The minimum absolute atomic E-state index is 0.145. The predicted octanol–water partition coefficient (Wildman–Crippen LogP) is 0.314. The molecule has 0 saturated carbocycles. The van der Waals surface area contributed by atoms with E-state index in [0.29, 0.717) is 24.0 Å². The molecular formula is C9H11NO3S. The van der Waals surface area contributed by atoms with Crippen molar-refractivity contribution in [1.29, 1.82) is 0 Å². The molecule has 0 heterocycles. The van der Waals surface area contributed by atoms with E-state index in [9.17, 15) is 13.5 Å². The molecule has 0 amide bonds. The summed E-state index contributed by atoms with van der Waals surface area (Å²) in [6, 6.07) is 4.82. The van der Waals surface area contributed by atoms with Crippen LogP contribution in [0.3, 0.4) is 0 Å². The van der Waals surface area contributed by atoms with E-state index < -0.39 is 16.1 Å². The highest BCUT2D eigenvalue weighted by Gasteiger charge is 2.25. The second-order valence-electron chi connectivity index (χ2n) is 3.42.